The predicted octanol–water partition coefficient (Wildman–Crippen LogP) is 3.17. The highest BCUT2D eigenvalue weighted by atomic mass is 16.5. The number of aromatic nitrogens is 2. The average Bonchev–Trinajstić information content (AvgIpc) is 3.29. The van der Waals surface area contributed by atoms with Crippen LogP contribution in [0.5, 0.6) is 0 Å². The zero-order chi connectivity index (χ0) is 13.8. The molecule has 0 atom stereocenters. The number of ether oxygens (including phenoxy) is 1. The van der Waals surface area contributed by atoms with Crippen LogP contribution in [0.15, 0.2) is 24.3 Å². The molecule has 0 unspecified atom stereocenters. The van der Waals surface area contributed by atoms with Crippen molar-refractivity contribution in [2.45, 2.75) is 26.2 Å². The van der Waals surface area contributed by atoms with Crippen molar-refractivity contribution < 1.29 is 4.74 Å². The minimum Gasteiger partial charge on any atom is -0.381 e. The lowest BCUT2D eigenvalue weighted by Crippen LogP contribution is -2.09. The van der Waals surface area contributed by atoms with Crippen LogP contribution in [0, 0.1) is 12.8 Å². The van der Waals surface area contributed by atoms with Crippen LogP contribution in [-0.2, 0) is 4.74 Å². The number of hydrogen-bond acceptors (Lipinski definition) is 4. The number of hydrogen-bond donors (Lipinski definition) is 1. The van der Waals surface area contributed by atoms with Gasteiger partial charge in [0.2, 0.25) is 0 Å². The van der Waals surface area contributed by atoms with Crippen LogP contribution in [0.25, 0.3) is 10.8 Å². The quantitative estimate of drug-likeness (QED) is 0.786. The number of rotatable bonds is 7. The van der Waals surface area contributed by atoms with E-state index < -0.39 is 0 Å². The third-order valence-electron chi connectivity index (χ3n) is 3.68. The molecule has 4 heteroatoms. The van der Waals surface area contributed by atoms with Gasteiger partial charge in [0.05, 0.1) is 5.69 Å². The Balaban J connectivity index is 1.53. The van der Waals surface area contributed by atoms with Gasteiger partial charge in [0.1, 0.15) is 0 Å². The molecule has 2 aromatic rings. The summed E-state index contributed by atoms with van der Waals surface area (Å²) in [4.78, 5) is 0. The standard InChI is InChI=1S/C16H21N3O/c1-12-14-5-2-3-6-15(14)16(19-18-12)17-9-4-10-20-11-13-7-8-13/h2-3,5-6,13H,4,7-11H2,1H3,(H,17,19). The van der Waals surface area contributed by atoms with Crippen molar-refractivity contribution in [3.05, 3.63) is 30.0 Å². The third-order valence-corrected chi connectivity index (χ3v) is 3.68. The SMILES string of the molecule is Cc1nnc(NCCCOCC2CC2)c2ccccc12. The highest BCUT2D eigenvalue weighted by Gasteiger charge is 2.20. The molecule has 0 amide bonds. The number of aryl methyl sites for hydroxylation is 1. The van der Waals surface area contributed by atoms with E-state index in [1.54, 1.807) is 0 Å². The zero-order valence-electron chi connectivity index (χ0n) is 11.9. The molecule has 1 aliphatic rings. The highest BCUT2D eigenvalue weighted by molar-refractivity contribution is 5.92. The molecule has 0 aliphatic heterocycles. The second kappa shape index (κ2) is 6.18. The van der Waals surface area contributed by atoms with Crippen LogP contribution in [0.2, 0.25) is 0 Å². The van der Waals surface area contributed by atoms with Gasteiger partial charge in [0, 0.05) is 30.5 Å². The molecule has 106 valence electrons. The number of nitrogens with zero attached hydrogens (tertiary/aromatic N) is 2. The van der Waals surface area contributed by atoms with Crippen molar-refractivity contribution in [3.8, 4) is 0 Å². The second-order valence-corrected chi connectivity index (χ2v) is 5.48. The molecular weight excluding hydrogens is 250 g/mol. The van der Waals surface area contributed by atoms with Gasteiger partial charge in [-0.15, -0.1) is 5.10 Å². The molecule has 20 heavy (non-hydrogen) atoms. The minimum atomic E-state index is 0.820. The maximum Gasteiger partial charge on any atom is 0.156 e. The van der Waals surface area contributed by atoms with Crippen LogP contribution in [-0.4, -0.2) is 30.0 Å². The van der Waals surface area contributed by atoms with Gasteiger partial charge in [-0.3, -0.25) is 0 Å². The monoisotopic (exact) mass is 271 g/mol. The van der Waals surface area contributed by atoms with E-state index in [1.807, 2.05) is 19.1 Å². The average molecular weight is 271 g/mol. The fourth-order valence-electron chi connectivity index (χ4n) is 2.28. The molecule has 3 rings (SSSR count). The molecular formula is C16H21N3O. The van der Waals surface area contributed by atoms with Crippen molar-refractivity contribution >= 4 is 16.6 Å². The molecule has 0 bridgehead atoms. The summed E-state index contributed by atoms with van der Waals surface area (Å²) in [7, 11) is 0. The fraction of sp³-hybridized carbons (Fsp3) is 0.500. The summed E-state index contributed by atoms with van der Waals surface area (Å²) in [5.74, 6) is 1.71. The first-order valence-corrected chi connectivity index (χ1v) is 7.38. The summed E-state index contributed by atoms with van der Waals surface area (Å²) in [6.45, 7) is 4.62. The van der Waals surface area contributed by atoms with Gasteiger partial charge in [-0.05, 0) is 32.1 Å². The van der Waals surface area contributed by atoms with Gasteiger partial charge < -0.3 is 10.1 Å². The van der Waals surface area contributed by atoms with Crippen molar-refractivity contribution in [3.63, 3.8) is 0 Å². The lowest BCUT2D eigenvalue weighted by atomic mass is 10.1. The van der Waals surface area contributed by atoms with Crippen LogP contribution in [0.4, 0.5) is 5.82 Å². The van der Waals surface area contributed by atoms with Gasteiger partial charge in [-0.2, -0.15) is 5.10 Å². The van der Waals surface area contributed by atoms with Crippen LogP contribution >= 0.6 is 0 Å². The van der Waals surface area contributed by atoms with E-state index in [9.17, 15) is 0 Å². The molecule has 1 aliphatic carbocycles. The van der Waals surface area contributed by atoms with Gasteiger partial charge >= 0.3 is 0 Å². The molecule has 1 N–H and O–H groups in total. The smallest absolute Gasteiger partial charge is 0.156 e. The van der Waals surface area contributed by atoms with E-state index in [-0.39, 0.29) is 0 Å². The van der Waals surface area contributed by atoms with Gasteiger partial charge in [0.15, 0.2) is 5.82 Å². The Morgan fingerprint density at radius 1 is 1.20 bits per heavy atom. The first-order valence-electron chi connectivity index (χ1n) is 7.38. The molecule has 1 fully saturated rings. The Morgan fingerprint density at radius 2 is 2.00 bits per heavy atom. The summed E-state index contributed by atoms with van der Waals surface area (Å²) in [5, 5.41) is 14.1. The molecule has 0 spiro atoms. The van der Waals surface area contributed by atoms with E-state index in [1.165, 1.54) is 12.8 Å². The van der Waals surface area contributed by atoms with Crippen molar-refractivity contribution in [2.24, 2.45) is 5.92 Å². The van der Waals surface area contributed by atoms with Crippen LogP contribution in [0.1, 0.15) is 25.0 Å². The largest absolute Gasteiger partial charge is 0.381 e. The first-order chi connectivity index (χ1) is 9.84. The normalized spacial score (nSPS) is 14.7. The topological polar surface area (TPSA) is 47.0 Å². The lowest BCUT2D eigenvalue weighted by Gasteiger charge is -2.09. The number of nitrogens with one attached hydrogen (secondary N) is 1. The Hall–Kier alpha value is -1.68. The van der Waals surface area contributed by atoms with Crippen LogP contribution in [0.3, 0.4) is 0 Å². The van der Waals surface area contributed by atoms with Gasteiger partial charge in [-0.1, -0.05) is 24.3 Å². The molecule has 1 heterocycles. The summed E-state index contributed by atoms with van der Waals surface area (Å²) in [5.41, 5.74) is 0.971. The zero-order valence-corrected chi connectivity index (χ0v) is 11.9. The fourth-order valence-corrected chi connectivity index (χ4v) is 2.28. The molecule has 1 aromatic heterocycles. The van der Waals surface area contributed by atoms with Gasteiger partial charge in [0.25, 0.3) is 0 Å². The Kier molecular flexibility index (Phi) is 4.11. The molecule has 1 saturated carbocycles. The lowest BCUT2D eigenvalue weighted by molar-refractivity contribution is 0.124. The van der Waals surface area contributed by atoms with E-state index in [2.05, 4.69) is 27.6 Å². The van der Waals surface area contributed by atoms with Crippen molar-refractivity contribution in [1.29, 1.82) is 0 Å². The van der Waals surface area contributed by atoms with E-state index in [0.29, 0.717) is 0 Å². The third kappa shape index (κ3) is 3.25. The van der Waals surface area contributed by atoms with E-state index in [0.717, 1.165) is 54.4 Å². The summed E-state index contributed by atoms with van der Waals surface area (Å²) >= 11 is 0. The maximum absolute atomic E-state index is 5.63. The second-order valence-electron chi connectivity index (χ2n) is 5.48. The van der Waals surface area contributed by atoms with Crippen molar-refractivity contribution in [2.75, 3.05) is 25.1 Å². The van der Waals surface area contributed by atoms with Gasteiger partial charge in [-0.25, -0.2) is 0 Å². The van der Waals surface area contributed by atoms with E-state index >= 15 is 0 Å². The Morgan fingerprint density at radius 3 is 2.80 bits per heavy atom. The van der Waals surface area contributed by atoms with Crippen molar-refractivity contribution in [1.82, 2.24) is 10.2 Å². The molecule has 4 nitrogen and oxygen atoms in total. The summed E-state index contributed by atoms with van der Waals surface area (Å²) < 4.78 is 5.63. The molecule has 0 saturated heterocycles. The Labute approximate surface area is 119 Å². The summed E-state index contributed by atoms with van der Waals surface area (Å²) in [6, 6.07) is 8.24. The highest BCUT2D eigenvalue weighted by Crippen LogP contribution is 2.28. The first kappa shape index (κ1) is 13.3. The maximum atomic E-state index is 5.63. The van der Waals surface area contributed by atoms with E-state index in [4.69, 9.17) is 4.74 Å². The molecule has 1 aromatic carbocycles. The Bertz CT molecular complexity index is 581. The predicted molar refractivity (Wildman–Crippen MR) is 80.9 cm³/mol. The molecule has 0 radical (unpaired) electrons. The van der Waals surface area contributed by atoms with Crippen LogP contribution < -0.4 is 5.32 Å². The number of benzene rings is 1. The minimum absolute atomic E-state index is 0.820. The number of fused-ring (bicyclic) bond motifs is 1. The number of anilines is 1. The summed E-state index contributed by atoms with van der Waals surface area (Å²) in [6.07, 6.45) is 3.70.